The number of hydrogen-bond acceptors (Lipinski definition) is 3. The van der Waals surface area contributed by atoms with Gasteiger partial charge in [-0.25, -0.2) is 0 Å². The van der Waals surface area contributed by atoms with Gasteiger partial charge < -0.3 is 14.8 Å². The third kappa shape index (κ3) is 4.26. The van der Waals surface area contributed by atoms with Gasteiger partial charge in [0.1, 0.15) is 13.2 Å². The Bertz CT molecular complexity index is 844. The summed E-state index contributed by atoms with van der Waals surface area (Å²) in [5, 5.41) is 2.26. The molecule has 2 aromatic rings. The first-order valence-corrected chi connectivity index (χ1v) is 7.54. The van der Waals surface area contributed by atoms with E-state index in [1.54, 1.807) is 0 Å². The maximum Gasteiger partial charge on any atom is 0.416 e. The molecule has 10 heteroatoms. The van der Waals surface area contributed by atoms with Crippen molar-refractivity contribution < 1.29 is 40.6 Å². The van der Waals surface area contributed by atoms with Gasteiger partial charge in [0.2, 0.25) is 0 Å². The minimum atomic E-state index is -5.03. The highest BCUT2D eigenvalue weighted by atomic mass is 19.4. The predicted octanol–water partition coefficient (Wildman–Crippen LogP) is 4.75. The first kappa shape index (κ1) is 18.9. The number of ether oxygens (including phenoxy) is 2. The van der Waals surface area contributed by atoms with Gasteiger partial charge in [0.25, 0.3) is 5.91 Å². The average molecular weight is 391 g/mol. The number of alkyl halides is 6. The molecule has 0 unspecified atom stereocenters. The highest BCUT2D eigenvalue weighted by Crippen LogP contribution is 2.37. The van der Waals surface area contributed by atoms with Crippen LogP contribution in [0.1, 0.15) is 21.5 Å². The van der Waals surface area contributed by atoms with E-state index in [0.717, 1.165) is 0 Å². The molecule has 0 saturated heterocycles. The van der Waals surface area contributed by atoms with E-state index in [1.807, 2.05) is 0 Å². The van der Waals surface area contributed by atoms with Crippen molar-refractivity contribution in [1.29, 1.82) is 0 Å². The van der Waals surface area contributed by atoms with Gasteiger partial charge in [-0.3, -0.25) is 4.79 Å². The molecule has 4 nitrogen and oxygen atoms in total. The smallest absolute Gasteiger partial charge is 0.416 e. The van der Waals surface area contributed by atoms with Crippen molar-refractivity contribution in [3.63, 3.8) is 0 Å². The van der Waals surface area contributed by atoms with Crippen molar-refractivity contribution in [1.82, 2.24) is 0 Å². The maximum absolute atomic E-state index is 12.9. The minimum absolute atomic E-state index is 0.0408. The molecule has 0 aliphatic carbocycles. The molecular formula is C17H11F6NO3. The number of hydrogen-bond donors (Lipinski definition) is 1. The van der Waals surface area contributed by atoms with Crippen molar-refractivity contribution in [3.8, 4) is 11.5 Å². The number of anilines is 1. The molecule has 0 atom stereocenters. The normalized spacial score (nSPS) is 14.0. The molecule has 0 saturated carbocycles. The third-order valence-electron chi connectivity index (χ3n) is 3.65. The van der Waals surface area contributed by atoms with E-state index in [4.69, 9.17) is 9.47 Å². The third-order valence-corrected chi connectivity index (χ3v) is 3.65. The zero-order chi connectivity index (χ0) is 19.8. The van der Waals surface area contributed by atoms with Gasteiger partial charge in [-0.15, -0.1) is 0 Å². The fraction of sp³-hybridized carbons (Fsp3) is 0.235. The van der Waals surface area contributed by atoms with E-state index in [2.05, 4.69) is 5.32 Å². The summed E-state index contributed by atoms with van der Waals surface area (Å²) in [6, 6.07) is 4.91. The number of carbonyl (C=O) groups is 1. The molecule has 3 rings (SSSR count). The lowest BCUT2D eigenvalue weighted by molar-refractivity contribution is -0.143. The SMILES string of the molecule is O=C(Nc1ccc2c(c1)OCCO2)c1cc(C(F)(F)F)cc(C(F)(F)F)c1. The summed E-state index contributed by atoms with van der Waals surface area (Å²) in [6.07, 6.45) is -10.1. The minimum Gasteiger partial charge on any atom is -0.486 e. The number of carbonyl (C=O) groups excluding carboxylic acids is 1. The molecule has 1 amide bonds. The average Bonchev–Trinajstić information content (AvgIpc) is 2.59. The van der Waals surface area contributed by atoms with Crippen LogP contribution < -0.4 is 14.8 Å². The van der Waals surface area contributed by atoms with Crippen LogP contribution >= 0.6 is 0 Å². The summed E-state index contributed by atoms with van der Waals surface area (Å²) in [4.78, 5) is 12.2. The first-order valence-electron chi connectivity index (χ1n) is 7.54. The Labute approximate surface area is 148 Å². The second-order valence-corrected chi connectivity index (χ2v) is 5.61. The van der Waals surface area contributed by atoms with Crippen LogP contribution in [-0.2, 0) is 12.4 Å². The zero-order valence-electron chi connectivity index (χ0n) is 13.4. The summed E-state index contributed by atoms with van der Waals surface area (Å²) in [6.45, 7) is 0.607. The fourth-order valence-corrected chi connectivity index (χ4v) is 2.41. The summed E-state index contributed by atoms with van der Waals surface area (Å²) < 4.78 is 87.9. The van der Waals surface area contributed by atoms with Crippen LogP contribution in [0.2, 0.25) is 0 Å². The van der Waals surface area contributed by atoms with Crippen LogP contribution in [0.4, 0.5) is 32.0 Å². The maximum atomic E-state index is 12.9. The van der Waals surface area contributed by atoms with Crippen LogP contribution in [0.15, 0.2) is 36.4 Å². The number of amides is 1. The van der Waals surface area contributed by atoms with E-state index in [1.165, 1.54) is 18.2 Å². The molecule has 1 N–H and O–H groups in total. The number of nitrogens with one attached hydrogen (secondary N) is 1. The second-order valence-electron chi connectivity index (χ2n) is 5.61. The van der Waals surface area contributed by atoms with Crippen LogP contribution in [0.3, 0.4) is 0 Å². The van der Waals surface area contributed by atoms with E-state index in [0.29, 0.717) is 30.2 Å². The van der Waals surface area contributed by atoms with Crippen molar-refractivity contribution in [2.45, 2.75) is 12.4 Å². The quantitative estimate of drug-likeness (QED) is 0.752. The van der Waals surface area contributed by atoms with Gasteiger partial charge in [-0.2, -0.15) is 26.3 Å². The molecule has 0 fully saturated rings. The highest BCUT2D eigenvalue weighted by Gasteiger charge is 2.37. The van der Waals surface area contributed by atoms with E-state index < -0.39 is 35.0 Å². The lowest BCUT2D eigenvalue weighted by atomic mass is 10.0. The monoisotopic (exact) mass is 391 g/mol. The van der Waals surface area contributed by atoms with Gasteiger partial charge in [0, 0.05) is 17.3 Å². The standard InChI is InChI=1S/C17H11F6NO3/c18-16(19,20)10-5-9(6-11(7-10)17(21,22)23)15(25)24-12-1-2-13-14(8-12)27-4-3-26-13/h1-2,5-8H,3-4H2,(H,24,25). The zero-order valence-corrected chi connectivity index (χ0v) is 13.4. The molecule has 0 bridgehead atoms. The molecule has 2 aromatic carbocycles. The molecule has 1 heterocycles. The number of fused-ring (bicyclic) bond motifs is 1. The highest BCUT2D eigenvalue weighted by molar-refractivity contribution is 6.04. The summed E-state index contributed by atoms with van der Waals surface area (Å²) >= 11 is 0. The summed E-state index contributed by atoms with van der Waals surface area (Å²) in [5.74, 6) is -0.403. The summed E-state index contributed by atoms with van der Waals surface area (Å²) in [7, 11) is 0. The second kappa shape index (κ2) is 6.67. The van der Waals surface area contributed by atoms with Crippen LogP contribution in [0, 0.1) is 0 Å². The Balaban J connectivity index is 1.92. The Morgan fingerprint density at radius 3 is 1.93 bits per heavy atom. The number of benzene rings is 2. The first-order chi connectivity index (χ1) is 12.5. The van der Waals surface area contributed by atoms with Crippen molar-refractivity contribution in [2.24, 2.45) is 0 Å². The Kier molecular flexibility index (Phi) is 4.66. The number of halogens is 6. The van der Waals surface area contributed by atoms with Crippen LogP contribution in [0.25, 0.3) is 0 Å². The fourth-order valence-electron chi connectivity index (χ4n) is 2.41. The predicted molar refractivity (Wildman–Crippen MR) is 81.8 cm³/mol. The van der Waals surface area contributed by atoms with Crippen molar-refractivity contribution in [3.05, 3.63) is 53.1 Å². The Morgan fingerprint density at radius 1 is 0.815 bits per heavy atom. The van der Waals surface area contributed by atoms with E-state index in [9.17, 15) is 31.1 Å². The molecule has 0 radical (unpaired) electrons. The van der Waals surface area contributed by atoms with E-state index in [-0.39, 0.29) is 18.4 Å². The molecule has 27 heavy (non-hydrogen) atoms. The Morgan fingerprint density at radius 2 is 1.37 bits per heavy atom. The van der Waals surface area contributed by atoms with Gasteiger partial charge >= 0.3 is 12.4 Å². The van der Waals surface area contributed by atoms with Gasteiger partial charge in [0.15, 0.2) is 11.5 Å². The van der Waals surface area contributed by atoms with Gasteiger partial charge in [0.05, 0.1) is 11.1 Å². The Hall–Kier alpha value is -2.91. The molecule has 1 aliphatic heterocycles. The largest absolute Gasteiger partial charge is 0.486 e. The molecule has 0 aromatic heterocycles. The molecule has 1 aliphatic rings. The number of rotatable bonds is 2. The van der Waals surface area contributed by atoms with Crippen LogP contribution in [-0.4, -0.2) is 19.1 Å². The van der Waals surface area contributed by atoms with Crippen LogP contribution in [0.5, 0.6) is 11.5 Å². The van der Waals surface area contributed by atoms with Crippen molar-refractivity contribution in [2.75, 3.05) is 18.5 Å². The topological polar surface area (TPSA) is 47.6 Å². The van der Waals surface area contributed by atoms with Gasteiger partial charge in [-0.05, 0) is 30.3 Å². The molecule has 0 spiro atoms. The van der Waals surface area contributed by atoms with Gasteiger partial charge in [-0.1, -0.05) is 0 Å². The molecular weight excluding hydrogens is 380 g/mol. The lowest BCUT2D eigenvalue weighted by Gasteiger charge is -2.19. The lowest BCUT2D eigenvalue weighted by Crippen LogP contribution is -2.18. The molecule has 144 valence electrons. The summed E-state index contributed by atoms with van der Waals surface area (Å²) in [5.41, 5.74) is -3.77. The van der Waals surface area contributed by atoms with E-state index >= 15 is 0 Å². The van der Waals surface area contributed by atoms with Crippen molar-refractivity contribution >= 4 is 11.6 Å².